The van der Waals surface area contributed by atoms with Crippen LogP contribution in [0.5, 0.6) is 0 Å². The van der Waals surface area contributed by atoms with Gasteiger partial charge in [-0.25, -0.2) is 9.59 Å². The molecule has 0 aromatic rings. The van der Waals surface area contributed by atoms with Crippen LogP contribution in [0, 0.1) is 6.61 Å². The number of ether oxygens (including phenoxy) is 5. The minimum absolute atomic E-state index is 0.0515. The summed E-state index contributed by atoms with van der Waals surface area (Å²) in [5.41, 5.74) is -1.34. The van der Waals surface area contributed by atoms with E-state index in [1.54, 1.807) is 48.1 Å². The molecule has 1 atom stereocenters. The second-order valence-electron chi connectivity index (χ2n) is 6.89. The monoisotopic (exact) mass is 333 g/mol. The third kappa shape index (κ3) is 13.9. The smallest absolute Gasteiger partial charge is 0.430 e. The Kier molecular flexibility index (Phi) is 8.97. The molecule has 0 saturated heterocycles. The Morgan fingerprint density at radius 3 is 1.91 bits per heavy atom. The van der Waals surface area contributed by atoms with Gasteiger partial charge < -0.3 is 23.7 Å². The molecule has 0 aromatic heterocycles. The molecule has 7 heteroatoms. The topological polar surface area (TPSA) is 80.3 Å². The highest BCUT2D eigenvalue weighted by atomic mass is 16.8. The van der Waals surface area contributed by atoms with Gasteiger partial charge in [-0.1, -0.05) is 6.92 Å². The zero-order valence-electron chi connectivity index (χ0n) is 15.1. The lowest BCUT2D eigenvalue weighted by atomic mass is 10.2. The van der Waals surface area contributed by atoms with Gasteiger partial charge in [-0.2, -0.15) is 0 Å². The van der Waals surface area contributed by atoms with Gasteiger partial charge in [0.1, 0.15) is 17.8 Å². The lowest BCUT2D eigenvalue weighted by molar-refractivity contribution is -0.0701. The summed E-state index contributed by atoms with van der Waals surface area (Å²) >= 11 is 0. The number of rotatable bonds is 7. The molecular formula is C16H29O7. The van der Waals surface area contributed by atoms with Gasteiger partial charge in [0.15, 0.2) is 6.10 Å². The van der Waals surface area contributed by atoms with Crippen LogP contribution in [-0.4, -0.2) is 42.8 Å². The first kappa shape index (κ1) is 21.5. The van der Waals surface area contributed by atoms with E-state index in [9.17, 15) is 9.59 Å². The molecule has 0 aliphatic rings. The average molecular weight is 333 g/mol. The first-order valence-electron chi connectivity index (χ1n) is 7.61. The molecule has 7 nitrogen and oxygen atoms in total. The Balaban J connectivity index is 4.44. The lowest BCUT2D eigenvalue weighted by Crippen LogP contribution is -2.34. The largest absolute Gasteiger partial charge is 0.509 e. The molecule has 0 spiro atoms. The molecule has 0 heterocycles. The van der Waals surface area contributed by atoms with Crippen molar-refractivity contribution in [3.63, 3.8) is 0 Å². The zero-order chi connectivity index (χ0) is 18.1. The summed E-state index contributed by atoms with van der Waals surface area (Å²) in [4.78, 5) is 23.2. The minimum Gasteiger partial charge on any atom is -0.430 e. The summed E-state index contributed by atoms with van der Waals surface area (Å²) in [5, 5.41) is 0. The Bertz CT molecular complexity index is 366. The van der Waals surface area contributed by atoms with E-state index >= 15 is 0 Å². The van der Waals surface area contributed by atoms with Crippen molar-refractivity contribution in [3.05, 3.63) is 6.61 Å². The number of hydrogen-bond donors (Lipinski definition) is 0. The maximum Gasteiger partial charge on any atom is 0.509 e. The summed E-state index contributed by atoms with van der Waals surface area (Å²) in [6.45, 7) is 13.7. The quantitative estimate of drug-likeness (QED) is 0.517. The van der Waals surface area contributed by atoms with Crippen molar-refractivity contribution in [2.24, 2.45) is 0 Å². The van der Waals surface area contributed by atoms with Gasteiger partial charge in [0.2, 0.25) is 0 Å². The van der Waals surface area contributed by atoms with E-state index in [1.165, 1.54) is 0 Å². The van der Waals surface area contributed by atoms with Crippen LogP contribution in [-0.2, 0) is 23.7 Å². The van der Waals surface area contributed by atoms with Gasteiger partial charge in [0, 0.05) is 0 Å². The molecule has 0 amide bonds. The Morgan fingerprint density at radius 2 is 1.43 bits per heavy atom. The third-order valence-electron chi connectivity index (χ3n) is 2.00. The normalized spacial score (nSPS) is 13.2. The van der Waals surface area contributed by atoms with Gasteiger partial charge >= 0.3 is 12.3 Å². The van der Waals surface area contributed by atoms with E-state index in [2.05, 4.69) is 0 Å². The van der Waals surface area contributed by atoms with Gasteiger partial charge in [-0.3, -0.25) is 0 Å². The van der Waals surface area contributed by atoms with E-state index < -0.39 is 29.6 Å². The van der Waals surface area contributed by atoms with Crippen LogP contribution in [0.2, 0.25) is 0 Å². The number of hydrogen-bond acceptors (Lipinski definition) is 7. The van der Waals surface area contributed by atoms with Crippen molar-refractivity contribution in [2.45, 2.75) is 72.2 Å². The zero-order valence-corrected chi connectivity index (χ0v) is 15.1. The van der Waals surface area contributed by atoms with E-state index in [4.69, 9.17) is 23.7 Å². The molecule has 23 heavy (non-hydrogen) atoms. The van der Waals surface area contributed by atoms with Crippen molar-refractivity contribution < 1.29 is 33.3 Å². The molecule has 0 aliphatic carbocycles. The predicted octanol–water partition coefficient (Wildman–Crippen LogP) is 3.85. The highest BCUT2D eigenvalue weighted by molar-refractivity contribution is 5.61. The molecule has 0 N–H and O–H groups in total. The molecule has 0 bridgehead atoms. The highest BCUT2D eigenvalue weighted by Crippen LogP contribution is 2.11. The third-order valence-corrected chi connectivity index (χ3v) is 2.00. The van der Waals surface area contributed by atoms with E-state index in [1.807, 2.05) is 6.92 Å². The molecule has 0 rings (SSSR count). The number of carbonyl (C=O) groups excluding carboxylic acids is 2. The fraction of sp³-hybridized carbons (Fsp3) is 0.812. The molecule has 1 unspecified atom stereocenters. The van der Waals surface area contributed by atoms with Crippen molar-refractivity contribution in [1.82, 2.24) is 0 Å². The summed E-state index contributed by atoms with van der Waals surface area (Å²) in [5.74, 6) is 0. The summed E-state index contributed by atoms with van der Waals surface area (Å²) < 4.78 is 25.4. The SMILES string of the molecule is CC[CH]OCC(COC(=O)OC(C)(C)C)OC(=O)OC(C)(C)C. The van der Waals surface area contributed by atoms with Crippen molar-refractivity contribution in [3.8, 4) is 0 Å². The van der Waals surface area contributed by atoms with Crippen molar-refractivity contribution in [2.75, 3.05) is 13.2 Å². The first-order valence-corrected chi connectivity index (χ1v) is 7.61. The van der Waals surface area contributed by atoms with Crippen LogP contribution >= 0.6 is 0 Å². The van der Waals surface area contributed by atoms with Gasteiger partial charge in [0.25, 0.3) is 0 Å². The van der Waals surface area contributed by atoms with Crippen LogP contribution in [0.1, 0.15) is 54.9 Å². The fourth-order valence-corrected chi connectivity index (χ4v) is 1.26. The van der Waals surface area contributed by atoms with Crippen LogP contribution in [0.15, 0.2) is 0 Å². The van der Waals surface area contributed by atoms with Gasteiger partial charge in [-0.05, 0) is 48.0 Å². The standard InChI is InChI=1S/C16H29O7/c1-8-9-19-10-12(21-14(18)23-16(5,6)7)11-20-13(17)22-15(2,3)4/h9,12H,8,10-11H2,1-7H3. The van der Waals surface area contributed by atoms with Crippen LogP contribution in [0.25, 0.3) is 0 Å². The average Bonchev–Trinajstić information content (AvgIpc) is 2.31. The second kappa shape index (κ2) is 9.60. The molecule has 1 radical (unpaired) electrons. The fourth-order valence-electron chi connectivity index (χ4n) is 1.26. The maximum atomic E-state index is 11.7. The summed E-state index contributed by atoms with van der Waals surface area (Å²) in [6, 6.07) is 0. The maximum absolute atomic E-state index is 11.7. The second-order valence-corrected chi connectivity index (χ2v) is 6.89. The van der Waals surface area contributed by atoms with Gasteiger partial charge in [-0.15, -0.1) is 0 Å². The van der Waals surface area contributed by atoms with Crippen molar-refractivity contribution >= 4 is 12.3 Å². The van der Waals surface area contributed by atoms with Crippen LogP contribution in [0.4, 0.5) is 9.59 Å². The molecule has 0 aliphatic heterocycles. The molecule has 0 aromatic carbocycles. The first-order chi connectivity index (χ1) is 10.4. The molecular weight excluding hydrogens is 304 g/mol. The van der Waals surface area contributed by atoms with Crippen LogP contribution < -0.4 is 0 Å². The number of carbonyl (C=O) groups is 2. The lowest BCUT2D eigenvalue weighted by Gasteiger charge is -2.23. The Labute approximate surface area is 138 Å². The summed E-state index contributed by atoms with van der Waals surface area (Å²) in [6.07, 6.45) is -1.78. The minimum atomic E-state index is -0.851. The van der Waals surface area contributed by atoms with Crippen LogP contribution in [0.3, 0.4) is 0 Å². The molecule has 0 saturated carbocycles. The Morgan fingerprint density at radius 1 is 0.913 bits per heavy atom. The molecule has 135 valence electrons. The predicted molar refractivity (Wildman–Crippen MR) is 83.8 cm³/mol. The van der Waals surface area contributed by atoms with Crippen molar-refractivity contribution in [1.29, 1.82) is 0 Å². The van der Waals surface area contributed by atoms with E-state index in [-0.39, 0.29) is 13.2 Å². The van der Waals surface area contributed by atoms with E-state index in [0.29, 0.717) is 6.42 Å². The highest BCUT2D eigenvalue weighted by Gasteiger charge is 2.24. The summed E-state index contributed by atoms with van der Waals surface area (Å²) in [7, 11) is 0. The Hall–Kier alpha value is -1.50. The van der Waals surface area contributed by atoms with Gasteiger partial charge in [0.05, 0.1) is 13.2 Å². The molecule has 0 fully saturated rings. The van der Waals surface area contributed by atoms with E-state index in [0.717, 1.165) is 0 Å².